The van der Waals surface area contributed by atoms with Crippen LogP contribution in [0.15, 0.2) is 24.3 Å². The summed E-state index contributed by atoms with van der Waals surface area (Å²) >= 11 is 0. The van der Waals surface area contributed by atoms with E-state index in [0.717, 1.165) is 12.8 Å². The first-order chi connectivity index (χ1) is 21.9. The Hall–Kier alpha value is -3.58. The van der Waals surface area contributed by atoms with Crippen molar-refractivity contribution in [3.05, 3.63) is 41.5 Å². The molecule has 0 N–H and O–H groups in total. The maximum Gasteiger partial charge on any atom is 0.410 e. The standard InChI is InChI=1S/C33H49FN6O6/c1-23(2)20-39(31(42)29-28(9-7-8-16-44-6)40(36-35-29)26-12-10-25(34)11-13-26)27-19-24(30(41)37-14-17-45-18-15-37)21-38(22-27)32(43)46-33(3,4)5/h10-13,23-24,27H,7-9,14-22H2,1-6H3/t24-,27+/m1/s1. The van der Waals surface area contributed by atoms with Crippen molar-refractivity contribution in [2.24, 2.45) is 11.8 Å². The van der Waals surface area contributed by atoms with E-state index in [1.807, 2.05) is 13.8 Å². The lowest BCUT2D eigenvalue weighted by molar-refractivity contribution is -0.142. The minimum atomic E-state index is -0.724. The third-order valence-electron chi connectivity index (χ3n) is 8.06. The Morgan fingerprint density at radius 3 is 2.39 bits per heavy atom. The van der Waals surface area contributed by atoms with E-state index in [9.17, 15) is 18.8 Å². The molecule has 0 aliphatic carbocycles. The van der Waals surface area contributed by atoms with Gasteiger partial charge in [-0.1, -0.05) is 19.1 Å². The predicted molar refractivity (Wildman–Crippen MR) is 169 cm³/mol. The SMILES string of the molecule is COCCCCc1c(C(=O)N(CC(C)C)[C@H]2C[C@@H](C(=O)N3CCOCC3)CN(C(=O)OC(C)(C)C)C2)nnn1-c1ccc(F)cc1. The Kier molecular flexibility index (Phi) is 12.1. The molecule has 2 aliphatic rings. The van der Waals surface area contributed by atoms with Crippen molar-refractivity contribution in [1.82, 2.24) is 29.7 Å². The molecule has 12 nitrogen and oxygen atoms in total. The lowest BCUT2D eigenvalue weighted by Gasteiger charge is -2.44. The average Bonchev–Trinajstić information content (AvgIpc) is 3.44. The summed E-state index contributed by atoms with van der Waals surface area (Å²) < 4.78 is 31.7. The molecule has 1 aromatic carbocycles. The highest BCUT2D eigenvalue weighted by Crippen LogP contribution is 2.28. The first-order valence-corrected chi connectivity index (χ1v) is 16.2. The number of hydrogen-bond donors (Lipinski definition) is 0. The number of halogens is 1. The summed E-state index contributed by atoms with van der Waals surface area (Å²) in [6, 6.07) is 5.42. The molecule has 0 bridgehead atoms. The molecular weight excluding hydrogens is 595 g/mol. The van der Waals surface area contributed by atoms with Gasteiger partial charge in [0.05, 0.1) is 36.6 Å². The number of unbranched alkanes of at least 4 members (excludes halogenated alkanes) is 1. The highest BCUT2D eigenvalue weighted by atomic mass is 19.1. The molecular formula is C33H49FN6O6. The van der Waals surface area contributed by atoms with E-state index < -0.39 is 23.7 Å². The second-order valence-electron chi connectivity index (χ2n) is 13.5. The van der Waals surface area contributed by atoms with Crippen molar-refractivity contribution in [3.63, 3.8) is 0 Å². The number of amides is 3. The van der Waals surface area contributed by atoms with E-state index in [1.165, 1.54) is 12.1 Å². The number of ether oxygens (including phenoxy) is 3. The van der Waals surface area contributed by atoms with Crippen molar-refractivity contribution >= 4 is 17.9 Å². The molecule has 1 aromatic heterocycles. The van der Waals surface area contributed by atoms with Gasteiger partial charge in [0, 0.05) is 46.4 Å². The number of piperidine rings is 1. The van der Waals surface area contributed by atoms with Crippen molar-refractivity contribution < 1.29 is 33.0 Å². The molecule has 254 valence electrons. The molecule has 2 fully saturated rings. The molecule has 2 atom stereocenters. The molecule has 2 saturated heterocycles. The van der Waals surface area contributed by atoms with Gasteiger partial charge in [0.2, 0.25) is 5.91 Å². The van der Waals surface area contributed by atoms with Crippen LogP contribution < -0.4 is 0 Å². The molecule has 0 saturated carbocycles. The van der Waals surface area contributed by atoms with E-state index in [2.05, 4.69) is 10.3 Å². The summed E-state index contributed by atoms with van der Waals surface area (Å²) in [5.74, 6) is -1.18. The molecule has 4 rings (SSSR count). The van der Waals surface area contributed by atoms with Crippen LogP contribution in [-0.2, 0) is 25.4 Å². The maximum atomic E-state index is 14.6. The van der Waals surface area contributed by atoms with E-state index in [1.54, 1.807) is 59.4 Å². The Morgan fingerprint density at radius 1 is 1.07 bits per heavy atom. The Balaban J connectivity index is 1.69. The van der Waals surface area contributed by atoms with Crippen molar-refractivity contribution in [2.45, 2.75) is 71.9 Å². The van der Waals surface area contributed by atoms with Crippen LogP contribution in [0.5, 0.6) is 0 Å². The Morgan fingerprint density at radius 2 is 1.76 bits per heavy atom. The average molecular weight is 645 g/mol. The van der Waals surface area contributed by atoms with Gasteiger partial charge in [-0.2, -0.15) is 0 Å². The van der Waals surface area contributed by atoms with Gasteiger partial charge in [-0.3, -0.25) is 9.59 Å². The van der Waals surface area contributed by atoms with Crippen LogP contribution in [0.3, 0.4) is 0 Å². The number of likely N-dealkylation sites (tertiary alicyclic amines) is 1. The van der Waals surface area contributed by atoms with Gasteiger partial charge in [0.25, 0.3) is 5.91 Å². The van der Waals surface area contributed by atoms with Gasteiger partial charge in [0.1, 0.15) is 11.4 Å². The zero-order chi connectivity index (χ0) is 33.4. The Labute approximate surface area is 271 Å². The maximum absolute atomic E-state index is 14.6. The molecule has 13 heteroatoms. The third-order valence-corrected chi connectivity index (χ3v) is 8.06. The number of benzene rings is 1. The first kappa shape index (κ1) is 35.3. The summed E-state index contributed by atoms with van der Waals surface area (Å²) in [4.78, 5) is 46.8. The number of rotatable bonds is 11. The fourth-order valence-corrected chi connectivity index (χ4v) is 5.94. The molecule has 46 heavy (non-hydrogen) atoms. The van der Waals surface area contributed by atoms with Gasteiger partial charge in [0.15, 0.2) is 5.69 Å². The van der Waals surface area contributed by atoms with Crippen LogP contribution in [0.1, 0.15) is 70.1 Å². The van der Waals surface area contributed by atoms with Crippen LogP contribution in [0.4, 0.5) is 9.18 Å². The van der Waals surface area contributed by atoms with Crippen LogP contribution >= 0.6 is 0 Å². The predicted octanol–water partition coefficient (Wildman–Crippen LogP) is 3.96. The van der Waals surface area contributed by atoms with Crippen LogP contribution in [-0.4, -0.2) is 119 Å². The fraction of sp³-hybridized carbons (Fsp3) is 0.667. The second kappa shape index (κ2) is 15.8. The lowest BCUT2D eigenvalue weighted by Crippen LogP contribution is -2.58. The van der Waals surface area contributed by atoms with Gasteiger partial charge >= 0.3 is 6.09 Å². The fourth-order valence-electron chi connectivity index (χ4n) is 5.94. The highest BCUT2D eigenvalue weighted by molar-refractivity contribution is 5.94. The molecule has 3 amide bonds. The molecule has 0 spiro atoms. The third kappa shape index (κ3) is 9.25. The minimum Gasteiger partial charge on any atom is -0.444 e. The van der Waals surface area contributed by atoms with Gasteiger partial charge in [-0.15, -0.1) is 5.10 Å². The number of nitrogens with zero attached hydrogens (tertiary/aromatic N) is 6. The summed E-state index contributed by atoms with van der Waals surface area (Å²) in [6.07, 6.45) is 1.86. The van der Waals surface area contributed by atoms with E-state index in [4.69, 9.17) is 14.2 Å². The molecule has 2 aliphatic heterocycles. The monoisotopic (exact) mass is 644 g/mol. The zero-order valence-corrected chi connectivity index (χ0v) is 28.0. The second-order valence-corrected chi connectivity index (χ2v) is 13.5. The van der Waals surface area contributed by atoms with Crippen molar-refractivity contribution in [2.75, 3.05) is 59.7 Å². The van der Waals surface area contributed by atoms with Crippen molar-refractivity contribution in [1.29, 1.82) is 0 Å². The first-order valence-electron chi connectivity index (χ1n) is 16.2. The quantitative estimate of drug-likeness (QED) is 0.338. The number of hydrogen-bond acceptors (Lipinski definition) is 8. The van der Waals surface area contributed by atoms with Gasteiger partial charge in [-0.05, 0) is 76.6 Å². The number of carbonyl (C=O) groups excluding carboxylic acids is 3. The van der Waals surface area contributed by atoms with Gasteiger partial charge in [-0.25, -0.2) is 13.9 Å². The van der Waals surface area contributed by atoms with Gasteiger partial charge < -0.3 is 28.9 Å². The zero-order valence-electron chi connectivity index (χ0n) is 28.0. The molecule has 0 unspecified atom stereocenters. The number of carbonyl (C=O) groups is 3. The van der Waals surface area contributed by atoms with E-state index >= 15 is 0 Å². The minimum absolute atomic E-state index is 0.0559. The summed E-state index contributed by atoms with van der Waals surface area (Å²) in [6.45, 7) is 12.7. The van der Waals surface area contributed by atoms with E-state index in [0.29, 0.717) is 63.7 Å². The highest BCUT2D eigenvalue weighted by Gasteiger charge is 2.42. The molecule has 3 heterocycles. The topological polar surface area (TPSA) is 119 Å². The molecule has 2 aromatic rings. The summed E-state index contributed by atoms with van der Waals surface area (Å²) in [5, 5.41) is 8.71. The van der Waals surface area contributed by atoms with Crippen LogP contribution in [0, 0.1) is 17.7 Å². The summed E-state index contributed by atoms with van der Waals surface area (Å²) in [5.41, 5.74) is 0.683. The summed E-state index contributed by atoms with van der Waals surface area (Å²) in [7, 11) is 1.64. The lowest BCUT2D eigenvalue weighted by atomic mass is 9.91. The normalized spacial score (nSPS) is 19.0. The number of methoxy groups -OCH3 is 1. The van der Waals surface area contributed by atoms with Crippen LogP contribution in [0.25, 0.3) is 5.69 Å². The number of morpholine rings is 1. The number of aromatic nitrogens is 3. The van der Waals surface area contributed by atoms with Crippen LogP contribution in [0.2, 0.25) is 0 Å². The Bertz CT molecular complexity index is 1320. The molecule has 0 radical (unpaired) electrons. The smallest absolute Gasteiger partial charge is 0.410 e. The van der Waals surface area contributed by atoms with E-state index in [-0.39, 0.29) is 42.3 Å². The largest absolute Gasteiger partial charge is 0.444 e. The van der Waals surface area contributed by atoms with Crippen molar-refractivity contribution in [3.8, 4) is 5.69 Å².